The standard InChI is InChI=1S/C12H13ClN4O3S/c13-11-4-5-15-12(16-11)17-21(18,19)7-6-20-10-3-1-2-9(14)8-10/h1-5,8H,6-7,14H2,(H,15,16,17). The predicted molar refractivity (Wildman–Crippen MR) is 80.8 cm³/mol. The van der Waals surface area contributed by atoms with Crippen LogP contribution in [0.2, 0.25) is 5.15 Å². The summed E-state index contributed by atoms with van der Waals surface area (Å²) in [5.74, 6) is 0.174. The highest BCUT2D eigenvalue weighted by atomic mass is 35.5. The molecule has 0 aliphatic carbocycles. The molecule has 1 aromatic carbocycles. The Hall–Kier alpha value is -2.06. The maximum absolute atomic E-state index is 11.8. The van der Waals surface area contributed by atoms with Crippen molar-refractivity contribution in [2.75, 3.05) is 22.8 Å². The number of sulfonamides is 1. The van der Waals surface area contributed by atoms with Crippen LogP contribution in [0.25, 0.3) is 0 Å². The molecule has 7 nitrogen and oxygen atoms in total. The van der Waals surface area contributed by atoms with E-state index in [9.17, 15) is 8.42 Å². The van der Waals surface area contributed by atoms with E-state index in [2.05, 4.69) is 14.7 Å². The van der Waals surface area contributed by atoms with Gasteiger partial charge in [-0.15, -0.1) is 0 Å². The fourth-order valence-electron chi connectivity index (χ4n) is 1.45. The van der Waals surface area contributed by atoms with Crippen molar-refractivity contribution in [2.45, 2.75) is 0 Å². The van der Waals surface area contributed by atoms with Gasteiger partial charge in [-0.3, -0.25) is 4.72 Å². The Morgan fingerprint density at radius 2 is 2.14 bits per heavy atom. The number of halogens is 1. The number of benzene rings is 1. The van der Waals surface area contributed by atoms with Gasteiger partial charge in [-0.2, -0.15) is 0 Å². The van der Waals surface area contributed by atoms with Crippen LogP contribution >= 0.6 is 11.6 Å². The lowest BCUT2D eigenvalue weighted by molar-refractivity contribution is 0.341. The van der Waals surface area contributed by atoms with E-state index < -0.39 is 10.0 Å². The first-order chi connectivity index (χ1) is 9.94. The lowest BCUT2D eigenvalue weighted by Crippen LogP contribution is -2.22. The fourth-order valence-corrected chi connectivity index (χ4v) is 2.37. The van der Waals surface area contributed by atoms with Crippen molar-refractivity contribution in [3.05, 3.63) is 41.7 Å². The van der Waals surface area contributed by atoms with Crippen LogP contribution in [0.1, 0.15) is 0 Å². The second kappa shape index (κ2) is 6.59. The Bertz CT molecular complexity index is 724. The SMILES string of the molecule is Nc1cccc(OCCS(=O)(=O)Nc2nccc(Cl)n2)c1. The van der Waals surface area contributed by atoms with Crippen molar-refractivity contribution >= 4 is 33.3 Å². The lowest BCUT2D eigenvalue weighted by Gasteiger charge is -2.08. The third kappa shape index (κ3) is 5.09. The highest BCUT2D eigenvalue weighted by molar-refractivity contribution is 7.92. The van der Waals surface area contributed by atoms with Crippen LogP contribution in [0.5, 0.6) is 5.75 Å². The Balaban J connectivity index is 1.90. The zero-order chi connectivity index (χ0) is 15.3. The maximum Gasteiger partial charge on any atom is 0.238 e. The molecule has 0 aliphatic heterocycles. The van der Waals surface area contributed by atoms with Crippen molar-refractivity contribution in [1.82, 2.24) is 9.97 Å². The zero-order valence-electron chi connectivity index (χ0n) is 10.9. The van der Waals surface area contributed by atoms with Crippen molar-refractivity contribution in [2.24, 2.45) is 0 Å². The topological polar surface area (TPSA) is 107 Å². The first-order valence-corrected chi connectivity index (χ1v) is 7.95. The highest BCUT2D eigenvalue weighted by Gasteiger charge is 2.12. The van der Waals surface area contributed by atoms with E-state index in [1.807, 2.05) is 0 Å². The zero-order valence-corrected chi connectivity index (χ0v) is 12.4. The minimum atomic E-state index is -3.62. The van der Waals surface area contributed by atoms with Gasteiger partial charge in [0.05, 0.1) is 0 Å². The van der Waals surface area contributed by atoms with Crippen molar-refractivity contribution in [3.63, 3.8) is 0 Å². The molecule has 0 atom stereocenters. The number of nitrogens with zero attached hydrogens (tertiary/aromatic N) is 2. The molecule has 9 heteroatoms. The Morgan fingerprint density at radius 3 is 2.86 bits per heavy atom. The number of nitrogen functional groups attached to an aromatic ring is 1. The highest BCUT2D eigenvalue weighted by Crippen LogP contribution is 2.14. The molecule has 2 aromatic rings. The maximum atomic E-state index is 11.8. The molecule has 0 saturated heterocycles. The Labute approximate surface area is 127 Å². The number of anilines is 2. The number of ether oxygens (including phenoxy) is 1. The van der Waals surface area contributed by atoms with Crippen molar-refractivity contribution < 1.29 is 13.2 Å². The summed E-state index contributed by atoms with van der Waals surface area (Å²) in [6.45, 7) is -0.0284. The van der Waals surface area contributed by atoms with Crippen LogP contribution in [0, 0.1) is 0 Å². The minimum absolute atomic E-state index is 0.0284. The summed E-state index contributed by atoms with van der Waals surface area (Å²) in [5, 5.41) is 0.152. The average molecular weight is 329 g/mol. The number of nitrogens with two attached hydrogens (primary N) is 1. The largest absolute Gasteiger partial charge is 0.492 e. The van der Waals surface area contributed by atoms with E-state index in [0.29, 0.717) is 11.4 Å². The van der Waals surface area contributed by atoms with Gasteiger partial charge in [0.15, 0.2) is 0 Å². The summed E-state index contributed by atoms with van der Waals surface area (Å²) in [4.78, 5) is 7.50. The monoisotopic (exact) mass is 328 g/mol. The van der Waals surface area contributed by atoms with Gasteiger partial charge in [0, 0.05) is 18.0 Å². The predicted octanol–water partition coefficient (Wildman–Crippen LogP) is 1.53. The van der Waals surface area contributed by atoms with Crippen LogP contribution in [0.3, 0.4) is 0 Å². The van der Waals surface area contributed by atoms with E-state index in [1.165, 1.54) is 12.3 Å². The summed E-state index contributed by atoms with van der Waals surface area (Å²) >= 11 is 5.65. The Morgan fingerprint density at radius 1 is 1.33 bits per heavy atom. The van der Waals surface area contributed by atoms with E-state index in [1.54, 1.807) is 24.3 Å². The van der Waals surface area contributed by atoms with E-state index in [-0.39, 0.29) is 23.5 Å². The second-order valence-electron chi connectivity index (χ2n) is 4.04. The molecular formula is C12H13ClN4O3S. The van der Waals surface area contributed by atoms with Gasteiger partial charge in [0.1, 0.15) is 23.3 Å². The van der Waals surface area contributed by atoms with E-state index >= 15 is 0 Å². The van der Waals surface area contributed by atoms with Crippen LogP contribution < -0.4 is 15.2 Å². The molecule has 21 heavy (non-hydrogen) atoms. The van der Waals surface area contributed by atoms with Gasteiger partial charge in [-0.05, 0) is 18.2 Å². The molecule has 1 aromatic heterocycles. The van der Waals surface area contributed by atoms with Gasteiger partial charge in [-0.1, -0.05) is 17.7 Å². The van der Waals surface area contributed by atoms with E-state index in [4.69, 9.17) is 22.1 Å². The van der Waals surface area contributed by atoms with Crippen LogP contribution in [-0.2, 0) is 10.0 Å². The first-order valence-electron chi connectivity index (χ1n) is 5.92. The first kappa shape index (κ1) is 15.3. The van der Waals surface area contributed by atoms with E-state index in [0.717, 1.165) is 0 Å². The van der Waals surface area contributed by atoms with Crippen LogP contribution in [0.15, 0.2) is 36.5 Å². The van der Waals surface area contributed by atoms with Crippen LogP contribution in [0.4, 0.5) is 11.6 Å². The lowest BCUT2D eigenvalue weighted by atomic mass is 10.3. The molecule has 0 aliphatic rings. The third-order valence-corrected chi connectivity index (χ3v) is 3.76. The summed E-state index contributed by atoms with van der Waals surface area (Å²) in [6.07, 6.45) is 1.36. The molecular weight excluding hydrogens is 316 g/mol. The van der Waals surface area contributed by atoms with Gasteiger partial charge < -0.3 is 10.5 Å². The number of hydrogen-bond donors (Lipinski definition) is 2. The van der Waals surface area contributed by atoms with Gasteiger partial charge in [0.25, 0.3) is 0 Å². The number of hydrogen-bond acceptors (Lipinski definition) is 6. The third-order valence-electron chi connectivity index (χ3n) is 2.35. The number of nitrogens with one attached hydrogen (secondary N) is 1. The quantitative estimate of drug-likeness (QED) is 0.615. The molecule has 0 unspecified atom stereocenters. The molecule has 0 saturated carbocycles. The molecule has 0 fully saturated rings. The molecule has 112 valence electrons. The van der Waals surface area contributed by atoms with Crippen molar-refractivity contribution in [3.8, 4) is 5.75 Å². The van der Waals surface area contributed by atoms with Crippen molar-refractivity contribution in [1.29, 1.82) is 0 Å². The summed E-state index contributed by atoms with van der Waals surface area (Å²) in [5.41, 5.74) is 6.14. The molecule has 1 heterocycles. The van der Waals surface area contributed by atoms with Gasteiger partial charge in [-0.25, -0.2) is 18.4 Å². The number of rotatable bonds is 6. The molecule has 0 radical (unpaired) electrons. The molecule has 0 spiro atoms. The second-order valence-corrected chi connectivity index (χ2v) is 6.27. The van der Waals surface area contributed by atoms with Gasteiger partial charge >= 0.3 is 0 Å². The molecule has 0 bridgehead atoms. The normalized spacial score (nSPS) is 11.1. The summed E-state index contributed by atoms with van der Waals surface area (Å²) in [7, 11) is -3.62. The smallest absolute Gasteiger partial charge is 0.238 e. The Kier molecular flexibility index (Phi) is 4.81. The molecule has 2 rings (SSSR count). The molecule has 0 amide bonds. The van der Waals surface area contributed by atoms with Crippen LogP contribution in [-0.4, -0.2) is 30.7 Å². The summed E-state index contributed by atoms with van der Waals surface area (Å²) in [6, 6.07) is 8.18. The van der Waals surface area contributed by atoms with Gasteiger partial charge in [0.2, 0.25) is 16.0 Å². The fraction of sp³-hybridized carbons (Fsp3) is 0.167. The average Bonchev–Trinajstić information content (AvgIpc) is 2.38. The summed E-state index contributed by atoms with van der Waals surface area (Å²) < 4.78 is 31.2. The minimum Gasteiger partial charge on any atom is -0.492 e. The molecule has 3 N–H and O–H groups in total. The number of aromatic nitrogens is 2.